The zero-order valence-electron chi connectivity index (χ0n) is 16.7. The second kappa shape index (κ2) is 10.1. The van der Waals surface area contributed by atoms with Crippen molar-refractivity contribution in [1.29, 1.82) is 0 Å². The number of likely N-dealkylation sites (tertiary alicyclic amines) is 1. The van der Waals surface area contributed by atoms with E-state index in [1.807, 2.05) is 32.6 Å². The molecule has 0 aromatic heterocycles. The van der Waals surface area contributed by atoms with E-state index in [4.69, 9.17) is 4.74 Å². The Morgan fingerprint density at radius 2 is 2.19 bits per heavy atom. The van der Waals surface area contributed by atoms with E-state index in [0.717, 1.165) is 19.5 Å². The van der Waals surface area contributed by atoms with E-state index < -0.39 is 0 Å². The van der Waals surface area contributed by atoms with Gasteiger partial charge in [-0.1, -0.05) is 19.9 Å². The van der Waals surface area contributed by atoms with Crippen molar-refractivity contribution in [2.75, 3.05) is 26.2 Å². The molecule has 1 amide bonds. The topological polar surface area (TPSA) is 66.0 Å². The van der Waals surface area contributed by atoms with Gasteiger partial charge in [0.1, 0.15) is 17.7 Å². The number of halogens is 1. The van der Waals surface area contributed by atoms with Gasteiger partial charge in [-0.05, 0) is 32.4 Å². The van der Waals surface area contributed by atoms with Crippen molar-refractivity contribution in [2.45, 2.75) is 46.3 Å². The average molecular weight is 378 g/mol. The van der Waals surface area contributed by atoms with E-state index in [9.17, 15) is 9.18 Å². The lowest BCUT2D eigenvalue weighted by molar-refractivity contribution is -0.133. The molecule has 1 fully saturated rings. The molecule has 0 bridgehead atoms. The molecule has 1 aromatic rings. The van der Waals surface area contributed by atoms with Crippen LogP contribution in [0, 0.1) is 11.7 Å². The van der Waals surface area contributed by atoms with Crippen LogP contribution in [-0.2, 0) is 4.79 Å². The molecule has 0 aliphatic carbocycles. The third kappa shape index (κ3) is 6.73. The molecule has 0 radical (unpaired) electrons. The van der Waals surface area contributed by atoms with Crippen molar-refractivity contribution >= 4 is 11.9 Å². The Balaban J connectivity index is 1.87. The number of hydrogen-bond donors (Lipinski definition) is 2. The zero-order valence-corrected chi connectivity index (χ0v) is 16.7. The molecule has 2 N–H and O–H groups in total. The predicted octanol–water partition coefficient (Wildman–Crippen LogP) is 2.41. The Labute approximate surface area is 161 Å². The summed E-state index contributed by atoms with van der Waals surface area (Å²) in [5.74, 6) is 1.09. The molecule has 1 aliphatic rings. The molecular weight excluding hydrogens is 347 g/mol. The molecule has 150 valence electrons. The molecular formula is C20H31FN4O2. The van der Waals surface area contributed by atoms with Gasteiger partial charge in [-0.25, -0.2) is 9.38 Å². The third-order valence-electron chi connectivity index (χ3n) is 4.32. The smallest absolute Gasteiger partial charge is 0.225 e. The standard InChI is InChI=1S/C20H31FN4O2/c1-5-22-20(24-17-9-10-25(13-17)19(26)14(2)3)23-12-15(4)27-18-8-6-7-16(21)11-18/h6-8,11,14-15,17H,5,9-10,12-13H2,1-4H3,(H2,22,23,24). The molecule has 0 spiro atoms. The molecule has 2 rings (SSSR count). The van der Waals surface area contributed by atoms with Gasteiger partial charge < -0.3 is 20.3 Å². The summed E-state index contributed by atoms with van der Waals surface area (Å²) in [5.41, 5.74) is 0. The van der Waals surface area contributed by atoms with E-state index in [-0.39, 0.29) is 29.8 Å². The highest BCUT2D eigenvalue weighted by Crippen LogP contribution is 2.14. The van der Waals surface area contributed by atoms with Crippen LogP contribution in [0.4, 0.5) is 4.39 Å². The molecule has 1 aliphatic heterocycles. The van der Waals surface area contributed by atoms with Crippen molar-refractivity contribution in [2.24, 2.45) is 10.9 Å². The second-order valence-electron chi connectivity index (χ2n) is 7.17. The summed E-state index contributed by atoms with van der Waals surface area (Å²) in [6.07, 6.45) is 0.711. The highest BCUT2D eigenvalue weighted by molar-refractivity contribution is 5.81. The number of carbonyl (C=O) groups excluding carboxylic acids is 1. The highest BCUT2D eigenvalue weighted by Gasteiger charge is 2.27. The van der Waals surface area contributed by atoms with E-state index >= 15 is 0 Å². The van der Waals surface area contributed by atoms with Crippen molar-refractivity contribution in [3.05, 3.63) is 30.1 Å². The third-order valence-corrected chi connectivity index (χ3v) is 4.32. The van der Waals surface area contributed by atoms with Crippen molar-refractivity contribution in [3.63, 3.8) is 0 Å². The van der Waals surface area contributed by atoms with E-state index in [1.54, 1.807) is 12.1 Å². The number of carbonyl (C=O) groups is 1. The monoisotopic (exact) mass is 378 g/mol. The maximum Gasteiger partial charge on any atom is 0.225 e. The second-order valence-corrected chi connectivity index (χ2v) is 7.17. The maximum atomic E-state index is 13.2. The Hall–Kier alpha value is -2.31. The summed E-state index contributed by atoms with van der Waals surface area (Å²) in [5, 5.41) is 6.62. The number of ether oxygens (including phenoxy) is 1. The first kappa shape index (κ1) is 21.0. The normalized spacial score (nSPS) is 18.5. The van der Waals surface area contributed by atoms with Crippen LogP contribution >= 0.6 is 0 Å². The Bertz CT molecular complexity index is 651. The van der Waals surface area contributed by atoms with Crippen molar-refractivity contribution in [3.8, 4) is 5.75 Å². The predicted molar refractivity (Wildman–Crippen MR) is 105 cm³/mol. The molecule has 7 heteroatoms. The van der Waals surface area contributed by atoms with Gasteiger partial charge in [-0.3, -0.25) is 4.79 Å². The lowest BCUT2D eigenvalue weighted by atomic mass is 10.2. The van der Waals surface area contributed by atoms with E-state index in [1.165, 1.54) is 12.1 Å². The van der Waals surface area contributed by atoms with Crippen LogP contribution in [0.1, 0.15) is 34.1 Å². The van der Waals surface area contributed by atoms with Crippen LogP contribution in [0.25, 0.3) is 0 Å². The summed E-state index contributed by atoms with van der Waals surface area (Å²) in [6.45, 7) is 10.4. The summed E-state index contributed by atoms with van der Waals surface area (Å²) in [4.78, 5) is 18.6. The van der Waals surface area contributed by atoms with Gasteiger partial charge in [0, 0.05) is 37.7 Å². The number of hydrogen-bond acceptors (Lipinski definition) is 3. The zero-order chi connectivity index (χ0) is 19.8. The molecule has 1 saturated heterocycles. The minimum absolute atomic E-state index is 0.0199. The van der Waals surface area contributed by atoms with Gasteiger partial charge in [0.2, 0.25) is 5.91 Å². The molecule has 1 aromatic carbocycles. The Morgan fingerprint density at radius 1 is 1.41 bits per heavy atom. The van der Waals surface area contributed by atoms with Crippen LogP contribution in [-0.4, -0.2) is 55.1 Å². The number of aliphatic imine (C=N–C) groups is 1. The molecule has 6 nitrogen and oxygen atoms in total. The number of nitrogens with zero attached hydrogens (tertiary/aromatic N) is 2. The van der Waals surface area contributed by atoms with Gasteiger partial charge in [-0.15, -0.1) is 0 Å². The van der Waals surface area contributed by atoms with Crippen molar-refractivity contribution in [1.82, 2.24) is 15.5 Å². The maximum absolute atomic E-state index is 13.2. The molecule has 0 saturated carbocycles. The summed E-state index contributed by atoms with van der Waals surface area (Å²) >= 11 is 0. The molecule has 1 heterocycles. The minimum atomic E-state index is -0.320. The number of benzene rings is 1. The summed E-state index contributed by atoms with van der Waals surface area (Å²) in [6, 6.07) is 6.28. The SMILES string of the molecule is CCNC(=NCC(C)Oc1cccc(F)c1)NC1CCN(C(=O)C(C)C)C1. The van der Waals surface area contributed by atoms with Gasteiger partial charge >= 0.3 is 0 Å². The number of amides is 1. The van der Waals surface area contributed by atoms with Crippen LogP contribution in [0.3, 0.4) is 0 Å². The van der Waals surface area contributed by atoms with Gasteiger partial charge in [0.25, 0.3) is 0 Å². The Morgan fingerprint density at radius 3 is 2.85 bits per heavy atom. The van der Waals surface area contributed by atoms with Crippen LogP contribution in [0.2, 0.25) is 0 Å². The summed E-state index contributed by atoms with van der Waals surface area (Å²) in [7, 11) is 0. The lowest BCUT2D eigenvalue weighted by Crippen LogP contribution is -2.45. The van der Waals surface area contributed by atoms with Gasteiger partial charge in [0.15, 0.2) is 5.96 Å². The fraction of sp³-hybridized carbons (Fsp3) is 0.600. The fourth-order valence-corrected chi connectivity index (χ4v) is 2.99. The van der Waals surface area contributed by atoms with Crippen LogP contribution in [0.5, 0.6) is 5.75 Å². The summed E-state index contributed by atoms with van der Waals surface area (Å²) < 4.78 is 19.0. The number of rotatable bonds is 7. The van der Waals surface area contributed by atoms with Gasteiger partial charge in [-0.2, -0.15) is 0 Å². The van der Waals surface area contributed by atoms with Gasteiger partial charge in [0.05, 0.1) is 6.54 Å². The molecule has 2 unspecified atom stereocenters. The van der Waals surface area contributed by atoms with Crippen molar-refractivity contribution < 1.29 is 13.9 Å². The first-order chi connectivity index (χ1) is 12.9. The fourth-order valence-electron chi connectivity index (χ4n) is 2.99. The Kier molecular flexibility index (Phi) is 7.88. The van der Waals surface area contributed by atoms with E-state index in [0.29, 0.717) is 24.8 Å². The minimum Gasteiger partial charge on any atom is -0.489 e. The molecule has 27 heavy (non-hydrogen) atoms. The quantitative estimate of drug-likeness (QED) is 0.565. The largest absolute Gasteiger partial charge is 0.489 e. The first-order valence-electron chi connectivity index (χ1n) is 9.65. The number of guanidine groups is 1. The molecule has 2 atom stereocenters. The number of nitrogens with one attached hydrogen (secondary N) is 2. The first-order valence-corrected chi connectivity index (χ1v) is 9.65. The van der Waals surface area contributed by atoms with E-state index in [2.05, 4.69) is 15.6 Å². The lowest BCUT2D eigenvalue weighted by Gasteiger charge is -2.21. The van der Waals surface area contributed by atoms with Crippen LogP contribution < -0.4 is 15.4 Å². The average Bonchev–Trinajstić information content (AvgIpc) is 3.07. The highest BCUT2D eigenvalue weighted by atomic mass is 19.1. The van der Waals surface area contributed by atoms with Crippen LogP contribution in [0.15, 0.2) is 29.3 Å².